The third-order valence-corrected chi connectivity index (χ3v) is 2.65. The lowest BCUT2D eigenvalue weighted by molar-refractivity contribution is -0.386. The summed E-state index contributed by atoms with van der Waals surface area (Å²) in [5.41, 5.74) is 6.94. The molecule has 2 N–H and O–H groups in total. The van der Waals surface area contributed by atoms with Gasteiger partial charge in [-0.25, -0.2) is 9.97 Å². The van der Waals surface area contributed by atoms with Crippen LogP contribution in [-0.2, 0) is 6.61 Å². The van der Waals surface area contributed by atoms with Crippen LogP contribution in [0.4, 0.5) is 11.5 Å². The molecule has 0 aliphatic heterocycles. The molecule has 0 radical (unpaired) electrons. The van der Waals surface area contributed by atoms with Gasteiger partial charge in [0.05, 0.1) is 4.92 Å². The maximum atomic E-state index is 11.0. The molecule has 0 atom stereocenters. The van der Waals surface area contributed by atoms with Crippen LogP contribution in [0, 0.1) is 24.0 Å². The quantitative estimate of drug-likeness (QED) is 0.676. The smallest absolute Gasteiger partial charge is 0.311 e. The summed E-state index contributed by atoms with van der Waals surface area (Å²) >= 11 is 0. The molecular formula is C13H14N4O3. The summed E-state index contributed by atoms with van der Waals surface area (Å²) in [5.74, 6) is 0.955. The summed E-state index contributed by atoms with van der Waals surface area (Å²) in [6.07, 6.45) is 0. The third kappa shape index (κ3) is 3.00. The first kappa shape index (κ1) is 13.7. The van der Waals surface area contributed by atoms with Crippen molar-refractivity contribution in [3.05, 3.63) is 51.5 Å². The van der Waals surface area contributed by atoms with Gasteiger partial charge in [0.2, 0.25) is 5.75 Å². The normalized spacial score (nSPS) is 10.3. The summed E-state index contributed by atoms with van der Waals surface area (Å²) in [7, 11) is 0. The van der Waals surface area contributed by atoms with Crippen molar-refractivity contribution < 1.29 is 9.66 Å². The Hall–Kier alpha value is -2.70. The van der Waals surface area contributed by atoms with E-state index < -0.39 is 4.92 Å². The largest absolute Gasteiger partial charge is 0.478 e. The molecule has 0 spiro atoms. The first-order chi connectivity index (χ1) is 9.47. The monoisotopic (exact) mass is 274 g/mol. The highest BCUT2D eigenvalue weighted by Gasteiger charge is 2.17. The SMILES string of the molecule is Cc1cc(N)nc(COc2c(C)cccc2[N+](=O)[O-])n1. The molecule has 0 aliphatic rings. The number of hydrogen-bond acceptors (Lipinski definition) is 6. The van der Waals surface area contributed by atoms with Crippen molar-refractivity contribution in [2.24, 2.45) is 0 Å². The average molecular weight is 274 g/mol. The Morgan fingerprint density at radius 2 is 2.10 bits per heavy atom. The van der Waals surface area contributed by atoms with E-state index in [9.17, 15) is 10.1 Å². The molecule has 1 aromatic heterocycles. The van der Waals surface area contributed by atoms with Crippen LogP contribution in [0.3, 0.4) is 0 Å². The number of aryl methyl sites for hydroxylation is 2. The molecule has 0 fully saturated rings. The zero-order chi connectivity index (χ0) is 14.7. The number of nitro benzene ring substituents is 1. The number of benzene rings is 1. The number of ether oxygens (including phenoxy) is 1. The second-order valence-electron chi connectivity index (χ2n) is 4.32. The minimum Gasteiger partial charge on any atom is -0.478 e. The zero-order valence-corrected chi connectivity index (χ0v) is 11.2. The standard InChI is InChI=1S/C13H14N4O3/c1-8-4-3-5-10(17(18)19)13(8)20-7-12-15-9(2)6-11(14)16-12/h3-6H,7H2,1-2H3,(H2,14,15,16). The van der Waals surface area contributed by atoms with Crippen LogP contribution in [0.5, 0.6) is 5.75 Å². The van der Waals surface area contributed by atoms with E-state index >= 15 is 0 Å². The van der Waals surface area contributed by atoms with Crippen molar-refractivity contribution in [1.82, 2.24) is 9.97 Å². The molecule has 20 heavy (non-hydrogen) atoms. The molecule has 7 heteroatoms. The summed E-state index contributed by atoms with van der Waals surface area (Å²) in [6, 6.07) is 6.39. The van der Waals surface area contributed by atoms with E-state index in [2.05, 4.69) is 9.97 Å². The van der Waals surface area contributed by atoms with Gasteiger partial charge in [-0.3, -0.25) is 10.1 Å². The maximum absolute atomic E-state index is 11.0. The van der Waals surface area contributed by atoms with Crippen LogP contribution >= 0.6 is 0 Å². The van der Waals surface area contributed by atoms with E-state index in [1.807, 2.05) is 0 Å². The number of rotatable bonds is 4. The fraction of sp³-hybridized carbons (Fsp3) is 0.231. The van der Waals surface area contributed by atoms with Crippen molar-refractivity contribution in [2.45, 2.75) is 20.5 Å². The number of hydrogen-bond donors (Lipinski definition) is 1. The molecule has 0 saturated heterocycles. The summed E-state index contributed by atoms with van der Waals surface area (Å²) in [5, 5.41) is 11.0. The first-order valence-electron chi connectivity index (χ1n) is 5.94. The number of para-hydroxylation sites is 1. The van der Waals surface area contributed by atoms with Crippen LogP contribution in [0.15, 0.2) is 24.3 Å². The molecule has 0 aliphatic carbocycles. The first-order valence-corrected chi connectivity index (χ1v) is 5.94. The van der Waals surface area contributed by atoms with Gasteiger partial charge >= 0.3 is 5.69 Å². The van der Waals surface area contributed by atoms with Crippen LogP contribution in [0.1, 0.15) is 17.1 Å². The van der Waals surface area contributed by atoms with Crippen LogP contribution in [0.25, 0.3) is 0 Å². The average Bonchev–Trinajstić information content (AvgIpc) is 2.35. The Balaban J connectivity index is 2.25. The minimum atomic E-state index is -0.478. The highest BCUT2D eigenvalue weighted by atomic mass is 16.6. The molecule has 104 valence electrons. The highest BCUT2D eigenvalue weighted by Crippen LogP contribution is 2.30. The molecule has 1 heterocycles. The van der Waals surface area contributed by atoms with Crippen LogP contribution in [0.2, 0.25) is 0 Å². The Labute approximate surface area is 115 Å². The van der Waals surface area contributed by atoms with Crippen molar-refractivity contribution in [3.8, 4) is 5.75 Å². The van der Waals surface area contributed by atoms with Gasteiger partial charge in [-0.2, -0.15) is 0 Å². The molecule has 7 nitrogen and oxygen atoms in total. The molecule has 2 rings (SSSR count). The second-order valence-corrected chi connectivity index (χ2v) is 4.32. The van der Waals surface area contributed by atoms with Gasteiger partial charge in [0, 0.05) is 17.8 Å². The van der Waals surface area contributed by atoms with E-state index in [0.717, 1.165) is 5.69 Å². The van der Waals surface area contributed by atoms with E-state index in [4.69, 9.17) is 10.5 Å². The highest BCUT2D eigenvalue weighted by molar-refractivity contribution is 5.51. The van der Waals surface area contributed by atoms with Gasteiger partial charge in [-0.1, -0.05) is 12.1 Å². The van der Waals surface area contributed by atoms with E-state index in [-0.39, 0.29) is 18.0 Å². The number of nitro groups is 1. The predicted molar refractivity (Wildman–Crippen MR) is 73.3 cm³/mol. The fourth-order valence-corrected chi connectivity index (χ4v) is 1.83. The summed E-state index contributed by atoms with van der Waals surface area (Å²) in [6.45, 7) is 3.56. The molecule has 2 aromatic rings. The fourth-order valence-electron chi connectivity index (χ4n) is 1.83. The van der Waals surface area contributed by atoms with E-state index in [1.165, 1.54) is 6.07 Å². The second kappa shape index (κ2) is 5.52. The van der Waals surface area contributed by atoms with Crippen molar-refractivity contribution in [2.75, 3.05) is 5.73 Å². The third-order valence-electron chi connectivity index (χ3n) is 2.65. The van der Waals surface area contributed by atoms with E-state index in [0.29, 0.717) is 17.2 Å². The minimum absolute atomic E-state index is 0.0254. The zero-order valence-electron chi connectivity index (χ0n) is 11.2. The summed E-state index contributed by atoms with van der Waals surface area (Å²) < 4.78 is 5.50. The van der Waals surface area contributed by atoms with Crippen molar-refractivity contribution in [3.63, 3.8) is 0 Å². The van der Waals surface area contributed by atoms with Gasteiger partial charge in [0.1, 0.15) is 12.4 Å². The van der Waals surface area contributed by atoms with Gasteiger partial charge in [-0.05, 0) is 19.4 Å². The lowest BCUT2D eigenvalue weighted by Gasteiger charge is -2.09. The molecule has 0 bridgehead atoms. The molecule has 0 saturated carbocycles. The Morgan fingerprint density at radius 1 is 1.35 bits per heavy atom. The van der Waals surface area contributed by atoms with Crippen molar-refractivity contribution in [1.29, 1.82) is 0 Å². The topological polar surface area (TPSA) is 104 Å². The van der Waals surface area contributed by atoms with Crippen LogP contribution in [-0.4, -0.2) is 14.9 Å². The number of nitrogen functional groups attached to an aromatic ring is 1. The van der Waals surface area contributed by atoms with E-state index in [1.54, 1.807) is 32.0 Å². The van der Waals surface area contributed by atoms with Crippen LogP contribution < -0.4 is 10.5 Å². The lowest BCUT2D eigenvalue weighted by Crippen LogP contribution is -2.07. The number of anilines is 1. The molecule has 0 unspecified atom stereocenters. The predicted octanol–water partition coefficient (Wildman–Crippen LogP) is 2.16. The van der Waals surface area contributed by atoms with Gasteiger partial charge in [0.15, 0.2) is 5.82 Å². The maximum Gasteiger partial charge on any atom is 0.311 e. The van der Waals surface area contributed by atoms with Crippen molar-refractivity contribution >= 4 is 11.5 Å². The Morgan fingerprint density at radius 3 is 2.75 bits per heavy atom. The number of aromatic nitrogens is 2. The summed E-state index contributed by atoms with van der Waals surface area (Å²) in [4.78, 5) is 18.7. The number of nitrogens with two attached hydrogens (primary N) is 1. The molecule has 0 amide bonds. The molecular weight excluding hydrogens is 260 g/mol. The lowest BCUT2D eigenvalue weighted by atomic mass is 10.2. The Bertz CT molecular complexity index is 638. The van der Waals surface area contributed by atoms with Gasteiger partial charge < -0.3 is 10.5 Å². The van der Waals surface area contributed by atoms with Gasteiger partial charge in [0.25, 0.3) is 0 Å². The Kier molecular flexibility index (Phi) is 3.79. The van der Waals surface area contributed by atoms with Gasteiger partial charge in [-0.15, -0.1) is 0 Å². The molecule has 1 aromatic carbocycles. The number of nitrogens with zero attached hydrogens (tertiary/aromatic N) is 3.